The first-order valence-electron chi connectivity index (χ1n) is 8.51. The predicted octanol–water partition coefficient (Wildman–Crippen LogP) is 6.02. The summed E-state index contributed by atoms with van der Waals surface area (Å²) < 4.78 is 12.9. The topological polar surface area (TPSA) is 18.5 Å². The van der Waals surface area contributed by atoms with E-state index in [9.17, 15) is 0 Å². The van der Waals surface area contributed by atoms with Gasteiger partial charge >= 0.3 is 8.56 Å². The van der Waals surface area contributed by atoms with Gasteiger partial charge in [-0.25, -0.2) is 0 Å². The van der Waals surface area contributed by atoms with Crippen molar-refractivity contribution in [3.63, 3.8) is 0 Å². The van der Waals surface area contributed by atoms with E-state index in [1.807, 2.05) is 12.1 Å². The summed E-state index contributed by atoms with van der Waals surface area (Å²) in [6, 6.07) is 20.9. The van der Waals surface area contributed by atoms with E-state index in [2.05, 4.69) is 75.5 Å². The smallest absolute Gasteiger partial charge is 0.332 e. The monoisotopic (exact) mass is 328 g/mol. The van der Waals surface area contributed by atoms with Crippen LogP contribution in [-0.2, 0) is 8.85 Å². The molecule has 2 aromatic rings. The van der Waals surface area contributed by atoms with Crippen molar-refractivity contribution in [2.75, 3.05) is 0 Å². The van der Waals surface area contributed by atoms with Crippen LogP contribution < -0.4 is 0 Å². The molecule has 0 heterocycles. The summed E-state index contributed by atoms with van der Waals surface area (Å²) in [5.41, 5.74) is 2.46. The van der Waals surface area contributed by atoms with Crippen molar-refractivity contribution in [1.82, 2.24) is 0 Å². The first-order valence-corrected chi connectivity index (χ1v) is 11.3. The van der Waals surface area contributed by atoms with Crippen LogP contribution in [0.2, 0.25) is 13.1 Å². The summed E-state index contributed by atoms with van der Waals surface area (Å²) in [4.78, 5) is 0. The largest absolute Gasteiger partial charge is 0.387 e. The van der Waals surface area contributed by atoms with Gasteiger partial charge in [0, 0.05) is 0 Å². The van der Waals surface area contributed by atoms with Gasteiger partial charge in [0.25, 0.3) is 0 Å². The minimum atomic E-state index is -2.24. The summed E-state index contributed by atoms with van der Waals surface area (Å²) in [5, 5.41) is 0. The lowest BCUT2D eigenvalue weighted by Gasteiger charge is -2.32. The maximum Gasteiger partial charge on any atom is 0.332 e. The molecule has 124 valence electrons. The van der Waals surface area contributed by atoms with Crippen LogP contribution in [0.3, 0.4) is 0 Å². The molecule has 0 spiro atoms. The molecule has 2 aromatic carbocycles. The van der Waals surface area contributed by atoms with E-state index in [1.54, 1.807) is 0 Å². The highest BCUT2D eigenvalue weighted by molar-refractivity contribution is 6.64. The number of rotatable bonds is 8. The molecule has 23 heavy (non-hydrogen) atoms. The summed E-state index contributed by atoms with van der Waals surface area (Å²) >= 11 is 0. The Morgan fingerprint density at radius 2 is 1.04 bits per heavy atom. The van der Waals surface area contributed by atoms with Gasteiger partial charge in [-0.3, -0.25) is 0 Å². The first kappa shape index (κ1) is 17.9. The van der Waals surface area contributed by atoms with Crippen molar-refractivity contribution in [3.8, 4) is 0 Å². The normalized spacial score (nSPS) is 14.4. The highest BCUT2D eigenvalue weighted by Gasteiger charge is 2.32. The van der Waals surface area contributed by atoms with Crippen LogP contribution in [0.15, 0.2) is 60.7 Å². The number of hydrogen-bond donors (Lipinski definition) is 0. The second-order valence-electron chi connectivity index (χ2n) is 6.25. The van der Waals surface area contributed by atoms with Gasteiger partial charge in [-0.2, -0.15) is 0 Å². The fraction of sp³-hybridized carbons (Fsp3) is 0.400. The average Bonchev–Trinajstić information content (AvgIpc) is 2.59. The van der Waals surface area contributed by atoms with Crippen molar-refractivity contribution < 1.29 is 8.85 Å². The summed E-state index contributed by atoms with van der Waals surface area (Å²) in [5.74, 6) is 0. The zero-order valence-corrected chi connectivity index (χ0v) is 15.7. The Morgan fingerprint density at radius 3 is 1.35 bits per heavy atom. The lowest BCUT2D eigenvalue weighted by Crippen LogP contribution is -2.37. The van der Waals surface area contributed by atoms with Crippen LogP contribution in [0.1, 0.15) is 50.0 Å². The fourth-order valence-electron chi connectivity index (χ4n) is 2.82. The Labute approximate surface area is 141 Å². The molecule has 0 aliphatic rings. The molecule has 0 bridgehead atoms. The van der Waals surface area contributed by atoms with Gasteiger partial charge in [-0.1, -0.05) is 74.5 Å². The van der Waals surface area contributed by atoms with Gasteiger partial charge in [-0.05, 0) is 37.1 Å². The lowest BCUT2D eigenvalue weighted by atomic mass is 10.1. The summed E-state index contributed by atoms with van der Waals surface area (Å²) in [7, 11) is -2.24. The molecule has 0 radical (unpaired) electrons. The highest BCUT2D eigenvalue weighted by Crippen LogP contribution is 2.30. The third-order valence-corrected chi connectivity index (χ3v) is 5.64. The fourth-order valence-corrected chi connectivity index (χ4v) is 4.85. The highest BCUT2D eigenvalue weighted by atomic mass is 28.4. The maximum atomic E-state index is 6.44. The molecule has 2 nitrogen and oxygen atoms in total. The van der Waals surface area contributed by atoms with E-state index < -0.39 is 8.56 Å². The molecule has 0 aromatic heterocycles. The predicted molar refractivity (Wildman–Crippen MR) is 98.6 cm³/mol. The Balaban J connectivity index is 2.08. The molecule has 0 fully saturated rings. The molecule has 0 aliphatic carbocycles. The zero-order valence-electron chi connectivity index (χ0n) is 14.7. The van der Waals surface area contributed by atoms with Crippen LogP contribution in [0, 0.1) is 0 Å². The molecule has 0 N–H and O–H groups in total. The van der Waals surface area contributed by atoms with Crippen molar-refractivity contribution in [2.45, 2.75) is 52.0 Å². The third kappa shape index (κ3) is 5.31. The van der Waals surface area contributed by atoms with E-state index in [4.69, 9.17) is 8.85 Å². The standard InChI is InChI=1S/C20H28O2Si/c1-5-19(17-13-9-7-10-14-17)21-23(3,4)22-20(6-2)18-15-11-8-12-16-18/h7-16,19-20H,5-6H2,1-4H3. The van der Waals surface area contributed by atoms with E-state index in [-0.39, 0.29) is 12.2 Å². The number of hydrogen-bond acceptors (Lipinski definition) is 2. The second-order valence-corrected chi connectivity index (χ2v) is 9.52. The Hall–Kier alpha value is -1.42. The molecule has 2 unspecified atom stereocenters. The molecule has 2 atom stereocenters. The van der Waals surface area contributed by atoms with E-state index >= 15 is 0 Å². The second kappa shape index (κ2) is 8.43. The SMILES string of the molecule is CCC(O[Si](C)(C)OC(CC)c1ccccc1)c1ccccc1. The van der Waals surface area contributed by atoms with Gasteiger partial charge < -0.3 is 8.85 Å². The first-order chi connectivity index (χ1) is 11.1. The van der Waals surface area contributed by atoms with Crippen LogP contribution in [0.4, 0.5) is 0 Å². The van der Waals surface area contributed by atoms with Crippen LogP contribution >= 0.6 is 0 Å². The van der Waals surface area contributed by atoms with Crippen molar-refractivity contribution in [2.24, 2.45) is 0 Å². The van der Waals surface area contributed by atoms with Gasteiger partial charge in [0.1, 0.15) is 0 Å². The minimum absolute atomic E-state index is 0.103. The van der Waals surface area contributed by atoms with Crippen LogP contribution in [0.25, 0.3) is 0 Å². The Bertz CT molecular complexity index is 517. The third-order valence-electron chi connectivity index (χ3n) is 3.94. The minimum Gasteiger partial charge on any atom is -0.387 e. The van der Waals surface area contributed by atoms with Gasteiger partial charge in [0.2, 0.25) is 0 Å². The van der Waals surface area contributed by atoms with E-state index in [0.29, 0.717) is 0 Å². The molecule has 0 amide bonds. The van der Waals surface area contributed by atoms with Crippen molar-refractivity contribution in [3.05, 3.63) is 71.8 Å². The lowest BCUT2D eigenvalue weighted by molar-refractivity contribution is 0.0805. The van der Waals surface area contributed by atoms with Gasteiger partial charge in [0.05, 0.1) is 12.2 Å². The molecular formula is C20H28O2Si. The molecule has 0 aliphatic heterocycles. The molecular weight excluding hydrogens is 300 g/mol. The molecule has 0 saturated carbocycles. The van der Waals surface area contributed by atoms with E-state index in [1.165, 1.54) is 11.1 Å². The van der Waals surface area contributed by atoms with E-state index in [0.717, 1.165) is 12.8 Å². The number of benzene rings is 2. The summed E-state index contributed by atoms with van der Waals surface area (Å²) in [6.07, 6.45) is 2.11. The molecule has 2 rings (SSSR count). The van der Waals surface area contributed by atoms with Gasteiger partial charge in [-0.15, -0.1) is 0 Å². The molecule has 3 heteroatoms. The summed E-state index contributed by atoms with van der Waals surface area (Å²) in [6.45, 7) is 8.61. The van der Waals surface area contributed by atoms with Crippen LogP contribution in [-0.4, -0.2) is 8.56 Å². The maximum absolute atomic E-state index is 6.44. The zero-order chi connectivity index (χ0) is 16.7. The van der Waals surface area contributed by atoms with Gasteiger partial charge in [0.15, 0.2) is 0 Å². The van der Waals surface area contributed by atoms with Crippen LogP contribution in [0.5, 0.6) is 0 Å². The molecule has 0 saturated heterocycles. The van der Waals surface area contributed by atoms with Crippen molar-refractivity contribution >= 4 is 8.56 Å². The quantitative estimate of drug-likeness (QED) is 0.551. The Kier molecular flexibility index (Phi) is 6.57. The Morgan fingerprint density at radius 1 is 0.696 bits per heavy atom. The average molecular weight is 329 g/mol. The van der Waals surface area contributed by atoms with Crippen molar-refractivity contribution in [1.29, 1.82) is 0 Å².